The number of fused-ring (bicyclic) bond motifs is 2. The van der Waals surface area contributed by atoms with Gasteiger partial charge in [-0.3, -0.25) is 4.79 Å². The van der Waals surface area contributed by atoms with Crippen molar-refractivity contribution >= 4 is 27.5 Å². The van der Waals surface area contributed by atoms with Crippen LogP contribution in [0.15, 0.2) is 48.5 Å². The largest absolute Gasteiger partial charge is 0.333 e. The molecule has 0 spiro atoms. The normalized spacial score (nSPS) is 16.3. The van der Waals surface area contributed by atoms with Gasteiger partial charge in [-0.15, -0.1) is 11.3 Å². The lowest BCUT2D eigenvalue weighted by Gasteiger charge is -2.30. The van der Waals surface area contributed by atoms with Crippen LogP contribution in [0.1, 0.15) is 29.1 Å². The molecule has 1 unspecified atom stereocenters. The number of carbonyl (C=O) groups is 1. The van der Waals surface area contributed by atoms with Gasteiger partial charge >= 0.3 is 0 Å². The molecule has 4 nitrogen and oxygen atoms in total. The number of thiazole rings is 1. The highest BCUT2D eigenvalue weighted by atomic mass is 32.1. The van der Waals surface area contributed by atoms with Gasteiger partial charge in [-0.1, -0.05) is 36.4 Å². The molecule has 2 aromatic carbocycles. The summed E-state index contributed by atoms with van der Waals surface area (Å²) in [5.41, 5.74) is 3.70. The van der Waals surface area contributed by atoms with Crippen molar-refractivity contribution in [1.82, 2.24) is 9.88 Å². The van der Waals surface area contributed by atoms with E-state index >= 15 is 0 Å². The summed E-state index contributed by atoms with van der Waals surface area (Å²) in [5.74, 6) is 0.227. The van der Waals surface area contributed by atoms with E-state index in [-0.39, 0.29) is 11.9 Å². The third-order valence-electron chi connectivity index (χ3n) is 5.33. The molecule has 0 aliphatic carbocycles. The Bertz CT molecular complexity index is 903. The van der Waals surface area contributed by atoms with Crippen LogP contribution in [0.2, 0.25) is 0 Å². The van der Waals surface area contributed by atoms with Gasteiger partial charge in [0.1, 0.15) is 6.04 Å². The average molecular weight is 367 g/mol. The first kappa shape index (κ1) is 17.2. The summed E-state index contributed by atoms with van der Waals surface area (Å²) in [6, 6.07) is 16.9. The van der Waals surface area contributed by atoms with E-state index in [1.807, 2.05) is 23.1 Å². The molecular formula is C21H24N3OS+. The number of nitrogens with one attached hydrogen (secondary N) is 1. The standard InChI is InChI=1S/C21H23N3OS/c1-15(21-22-18-9-5-6-10-19(18)26-21)23(2)14-20(25)24-12-11-16-7-3-4-8-17(16)13-24/h3-10,15H,11-14H2,1-2H3/p+1/t15-/m1/s1. The number of carbonyl (C=O) groups excluding carboxylic acids is 1. The Morgan fingerprint density at radius 1 is 1.19 bits per heavy atom. The number of hydrogen-bond acceptors (Lipinski definition) is 3. The minimum absolute atomic E-state index is 0.202. The lowest BCUT2D eigenvalue weighted by molar-refractivity contribution is -0.902. The van der Waals surface area contributed by atoms with Gasteiger partial charge in [-0.05, 0) is 36.6 Å². The van der Waals surface area contributed by atoms with E-state index in [1.165, 1.54) is 20.7 Å². The molecule has 134 valence electrons. The molecule has 1 N–H and O–H groups in total. The minimum atomic E-state index is 0.202. The molecule has 1 aliphatic heterocycles. The van der Waals surface area contributed by atoms with E-state index in [0.717, 1.165) is 30.0 Å². The summed E-state index contributed by atoms with van der Waals surface area (Å²) in [5, 5.41) is 1.10. The van der Waals surface area contributed by atoms with Crippen molar-refractivity contribution in [2.45, 2.75) is 25.9 Å². The van der Waals surface area contributed by atoms with Gasteiger partial charge in [0.25, 0.3) is 5.91 Å². The second kappa shape index (κ2) is 7.17. The maximum Gasteiger partial charge on any atom is 0.278 e. The average Bonchev–Trinajstić information content (AvgIpc) is 3.11. The van der Waals surface area contributed by atoms with Crippen molar-refractivity contribution in [3.8, 4) is 0 Å². The van der Waals surface area contributed by atoms with Crippen molar-refractivity contribution in [3.05, 3.63) is 64.7 Å². The van der Waals surface area contributed by atoms with Crippen LogP contribution in [0, 0.1) is 0 Å². The van der Waals surface area contributed by atoms with Crippen LogP contribution >= 0.6 is 11.3 Å². The van der Waals surface area contributed by atoms with Gasteiger partial charge in [0.2, 0.25) is 0 Å². The predicted molar refractivity (Wildman–Crippen MR) is 105 cm³/mol. The molecule has 5 heteroatoms. The molecule has 3 aromatic rings. The fourth-order valence-corrected chi connectivity index (χ4v) is 4.61. The van der Waals surface area contributed by atoms with E-state index in [9.17, 15) is 4.79 Å². The Morgan fingerprint density at radius 2 is 1.92 bits per heavy atom. The second-order valence-corrected chi connectivity index (χ2v) is 8.16. The van der Waals surface area contributed by atoms with Crippen LogP contribution in [-0.2, 0) is 17.8 Å². The lowest BCUT2D eigenvalue weighted by Crippen LogP contribution is -3.10. The van der Waals surface area contributed by atoms with E-state index in [4.69, 9.17) is 4.98 Å². The Balaban J connectivity index is 1.42. The topological polar surface area (TPSA) is 37.6 Å². The number of likely N-dealkylation sites (N-methyl/N-ethyl adjacent to an activating group) is 1. The third kappa shape index (κ3) is 3.37. The monoisotopic (exact) mass is 366 g/mol. The number of quaternary nitrogens is 1. The van der Waals surface area contributed by atoms with Crippen molar-refractivity contribution in [2.75, 3.05) is 20.1 Å². The molecule has 0 saturated heterocycles. The van der Waals surface area contributed by atoms with Gasteiger partial charge < -0.3 is 9.80 Å². The van der Waals surface area contributed by atoms with Gasteiger partial charge in [0, 0.05) is 13.1 Å². The highest BCUT2D eigenvalue weighted by Crippen LogP contribution is 2.24. The molecule has 4 rings (SSSR count). The zero-order valence-corrected chi connectivity index (χ0v) is 16.1. The fourth-order valence-electron chi connectivity index (χ4n) is 3.50. The Kier molecular flexibility index (Phi) is 4.74. The van der Waals surface area contributed by atoms with Crippen LogP contribution in [0.25, 0.3) is 10.2 Å². The van der Waals surface area contributed by atoms with E-state index in [0.29, 0.717) is 6.54 Å². The fraction of sp³-hybridized carbons (Fsp3) is 0.333. The second-order valence-electron chi connectivity index (χ2n) is 7.10. The van der Waals surface area contributed by atoms with Crippen molar-refractivity contribution in [1.29, 1.82) is 0 Å². The predicted octanol–water partition coefficient (Wildman–Crippen LogP) is 2.46. The molecule has 0 bridgehead atoms. The quantitative estimate of drug-likeness (QED) is 0.770. The Labute approximate surface area is 158 Å². The van der Waals surface area contributed by atoms with Gasteiger partial charge in [0.05, 0.1) is 17.3 Å². The number of aromatic nitrogens is 1. The molecule has 0 radical (unpaired) electrons. The molecule has 26 heavy (non-hydrogen) atoms. The summed E-state index contributed by atoms with van der Waals surface area (Å²) in [6.45, 7) is 4.21. The first-order valence-electron chi connectivity index (χ1n) is 9.14. The van der Waals surface area contributed by atoms with Gasteiger partial charge in [-0.2, -0.15) is 0 Å². The smallest absolute Gasteiger partial charge is 0.278 e. The van der Waals surface area contributed by atoms with E-state index in [2.05, 4.69) is 44.3 Å². The number of benzene rings is 2. The SMILES string of the molecule is C[C@H](c1nc2ccccc2s1)[NH+](C)CC(=O)N1CCc2ccccc2C1. The number of rotatable bonds is 4. The zero-order chi connectivity index (χ0) is 18.1. The lowest BCUT2D eigenvalue weighted by atomic mass is 10.00. The molecule has 0 fully saturated rings. The summed E-state index contributed by atoms with van der Waals surface area (Å²) in [7, 11) is 2.09. The number of hydrogen-bond donors (Lipinski definition) is 1. The Morgan fingerprint density at radius 3 is 2.73 bits per heavy atom. The minimum Gasteiger partial charge on any atom is -0.333 e. The summed E-state index contributed by atoms with van der Waals surface area (Å²) >= 11 is 1.73. The number of amides is 1. The third-order valence-corrected chi connectivity index (χ3v) is 6.55. The maximum absolute atomic E-state index is 12.8. The van der Waals surface area contributed by atoms with Gasteiger partial charge in [-0.25, -0.2) is 4.98 Å². The van der Waals surface area contributed by atoms with E-state index < -0.39 is 0 Å². The first-order chi connectivity index (χ1) is 12.6. The zero-order valence-electron chi connectivity index (χ0n) is 15.2. The molecule has 1 aliphatic rings. The number of para-hydroxylation sites is 1. The summed E-state index contributed by atoms with van der Waals surface area (Å²) < 4.78 is 1.21. The molecule has 0 saturated carbocycles. The highest BCUT2D eigenvalue weighted by Gasteiger charge is 2.26. The molecule has 1 aromatic heterocycles. The van der Waals surface area contributed by atoms with Crippen molar-refractivity contribution < 1.29 is 9.69 Å². The summed E-state index contributed by atoms with van der Waals surface area (Å²) in [6.07, 6.45) is 0.953. The van der Waals surface area contributed by atoms with Crippen LogP contribution in [-0.4, -0.2) is 35.9 Å². The molecule has 2 atom stereocenters. The molecule has 1 amide bonds. The van der Waals surface area contributed by atoms with Crippen LogP contribution in [0.3, 0.4) is 0 Å². The number of nitrogens with zero attached hydrogens (tertiary/aromatic N) is 2. The maximum atomic E-state index is 12.8. The molecule has 2 heterocycles. The van der Waals surface area contributed by atoms with Crippen LogP contribution < -0.4 is 4.90 Å². The summed E-state index contributed by atoms with van der Waals surface area (Å²) in [4.78, 5) is 20.8. The van der Waals surface area contributed by atoms with E-state index in [1.54, 1.807) is 11.3 Å². The first-order valence-corrected chi connectivity index (χ1v) is 9.96. The van der Waals surface area contributed by atoms with Crippen LogP contribution in [0.5, 0.6) is 0 Å². The highest BCUT2D eigenvalue weighted by molar-refractivity contribution is 7.18. The van der Waals surface area contributed by atoms with Gasteiger partial charge in [0.15, 0.2) is 11.6 Å². The van der Waals surface area contributed by atoms with Crippen LogP contribution in [0.4, 0.5) is 0 Å². The van der Waals surface area contributed by atoms with Crippen molar-refractivity contribution in [3.63, 3.8) is 0 Å². The Hall–Kier alpha value is -2.24. The molecular weight excluding hydrogens is 342 g/mol. The van der Waals surface area contributed by atoms with Crippen molar-refractivity contribution in [2.24, 2.45) is 0 Å².